The van der Waals surface area contributed by atoms with Crippen LogP contribution >= 0.6 is 0 Å². The van der Waals surface area contributed by atoms with Crippen LogP contribution in [0.5, 0.6) is 0 Å². The highest BCUT2D eigenvalue weighted by Crippen LogP contribution is 2.31. The van der Waals surface area contributed by atoms with Gasteiger partial charge in [0.2, 0.25) is 0 Å². The van der Waals surface area contributed by atoms with Crippen LogP contribution in [-0.2, 0) is 19.5 Å². The van der Waals surface area contributed by atoms with Crippen molar-refractivity contribution in [2.45, 2.75) is 26.4 Å². The van der Waals surface area contributed by atoms with E-state index in [1.807, 2.05) is 6.07 Å². The van der Waals surface area contributed by atoms with Gasteiger partial charge in [0.1, 0.15) is 0 Å². The molecule has 0 bridgehead atoms. The van der Waals surface area contributed by atoms with Gasteiger partial charge in [-0.25, -0.2) is 5.48 Å². The fraction of sp³-hybridized carbons (Fsp3) is 0.300. The number of benzene rings is 1. The van der Waals surface area contributed by atoms with E-state index in [1.165, 1.54) is 33.9 Å². The van der Waals surface area contributed by atoms with Crippen molar-refractivity contribution in [1.82, 2.24) is 19.9 Å². The lowest BCUT2D eigenvalue weighted by Crippen LogP contribution is -2.27. The molecular formula is C20H22N4O2. The quantitative estimate of drug-likeness (QED) is 0.562. The first-order valence-corrected chi connectivity index (χ1v) is 8.75. The Balaban J connectivity index is 1.76. The number of amides is 1. The maximum absolute atomic E-state index is 11.5. The minimum Gasteiger partial charge on any atom is -0.338 e. The molecule has 0 saturated carbocycles. The molecule has 0 aliphatic carbocycles. The molecule has 6 heteroatoms. The second-order valence-electron chi connectivity index (χ2n) is 7.00. The van der Waals surface area contributed by atoms with Gasteiger partial charge in [-0.3, -0.25) is 15.0 Å². The van der Waals surface area contributed by atoms with Gasteiger partial charge in [-0.15, -0.1) is 0 Å². The number of pyridine rings is 1. The van der Waals surface area contributed by atoms with Crippen molar-refractivity contribution < 1.29 is 10.0 Å². The monoisotopic (exact) mass is 350 g/mol. The standard InChI is InChI=1S/C20H22N4O2/c1-13-3-6-18-16(9-13)17-12-23(2)8-7-19(17)24(18)11-15-5-4-14(10-21-15)20(25)22-26/h3-6,9-10,26H,7-8,11-12H2,1-2H3,(H,22,25). The molecule has 3 heterocycles. The van der Waals surface area contributed by atoms with Gasteiger partial charge in [-0.05, 0) is 43.8 Å². The third-order valence-corrected chi connectivity index (χ3v) is 5.11. The molecular weight excluding hydrogens is 328 g/mol. The van der Waals surface area contributed by atoms with E-state index in [0.717, 1.165) is 25.2 Å². The number of hydrogen-bond donors (Lipinski definition) is 2. The predicted octanol–water partition coefficient (Wildman–Crippen LogP) is 2.50. The van der Waals surface area contributed by atoms with Crippen LogP contribution in [0.1, 0.15) is 32.9 Å². The highest BCUT2D eigenvalue weighted by atomic mass is 16.5. The highest BCUT2D eigenvalue weighted by Gasteiger charge is 2.22. The van der Waals surface area contributed by atoms with Crippen LogP contribution in [0.4, 0.5) is 0 Å². The number of fused-ring (bicyclic) bond motifs is 3. The molecule has 0 spiro atoms. The summed E-state index contributed by atoms with van der Waals surface area (Å²) < 4.78 is 2.35. The molecule has 0 fully saturated rings. The van der Waals surface area contributed by atoms with Crippen LogP contribution < -0.4 is 5.48 Å². The second kappa shape index (κ2) is 6.55. The van der Waals surface area contributed by atoms with Gasteiger partial charge in [0, 0.05) is 42.3 Å². The molecule has 0 atom stereocenters. The van der Waals surface area contributed by atoms with Gasteiger partial charge in [-0.1, -0.05) is 11.6 Å². The number of likely N-dealkylation sites (N-methyl/N-ethyl adjacent to an activating group) is 1. The summed E-state index contributed by atoms with van der Waals surface area (Å²) in [4.78, 5) is 18.2. The van der Waals surface area contributed by atoms with E-state index in [9.17, 15) is 4.79 Å². The van der Waals surface area contributed by atoms with Crippen LogP contribution in [0.15, 0.2) is 36.5 Å². The molecule has 4 rings (SSSR count). The summed E-state index contributed by atoms with van der Waals surface area (Å²) >= 11 is 0. The largest absolute Gasteiger partial charge is 0.338 e. The van der Waals surface area contributed by atoms with Crippen molar-refractivity contribution in [2.24, 2.45) is 0 Å². The van der Waals surface area contributed by atoms with Gasteiger partial charge in [0.05, 0.1) is 17.8 Å². The fourth-order valence-electron chi connectivity index (χ4n) is 3.76. The number of aryl methyl sites for hydroxylation is 1. The molecule has 1 aliphatic heterocycles. The lowest BCUT2D eigenvalue weighted by molar-refractivity contribution is 0.0706. The van der Waals surface area contributed by atoms with E-state index in [-0.39, 0.29) is 0 Å². The van der Waals surface area contributed by atoms with Crippen LogP contribution in [0, 0.1) is 6.92 Å². The topological polar surface area (TPSA) is 70.4 Å². The maximum atomic E-state index is 11.5. The van der Waals surface area contributed by atoms with E-state index < -0.39 is 5.91 Å². The zero-order valence-electron chi connectivity index (χ0n) is 15.0. The molecule has 1 amide bonds. The Bertz CT molecular complexity index is 976. The van der Waals surface area contributed by atoms with Gasteiger partial charge < -0.3 is 9.47 Å². The average molecular weight is 350 g/mol. The zero-order chi connectivity index (χ0) is 18.3. The fourth-order valence-corrected chi connectivity index (χ4v) is 3.76. The summed E-state index contributed by atoms with van der Waals surface area (Å²) in [5.74, 6) is -0.550. The Labute approximate surface area is 152 Å². The third-order valence-electron chi connectivity index (χ3n) is 5.11. The van der Waals surface area contributed by atoms with Crippen LogP contribution in [0.2, 0.25) is 0 Å². The SMILES string of the molecule is Cc1ccc2c(c1)c1c(n2Cc2ccc(C(=O)NO)cn2)CCN(C)C1. The Morgan fingerprint density at radius 1 is 1.31 bits per heavy atom. The molecule has 1 aromatic carbocycles. The van der Waals surface area contributed by atoms with Crippen molar-refractivity contribution in [3.63, 3.8) is 0 Å². The summed E-state index contributed by atoms with van der Waals surface area (Å²) in [7, 11) is 2.16. The number of carbonyl (C=O) groups excluding carboxylic acids is 1. The number of carbonyl (C=O) groups is 1. The number of hydroxylamine groups is 1. The number of rotatable bonds is 3. The van der Waals surface area contributed by atoms with Crippen molar-refractivity contribution >= 4 is 16.8 Å². The predicted molar refractivity (Wildman–Crippen MR) is 99.3 cm³/mol. The number of nitrogens with one attached hydrogen (secondary N) is 1. The van der Waals surface area contributed by atoms with E-state index in [4.69, 9.17) is 5.21 Å². The third kappa shape index (κ3) is 2.87. The first kappa shape index (κ1) is 16.8. The summed E-state index contributed by atoms with van der Waals surface area (Å²) in [5.41, 5.74) is 8.15. The summed E-state index contributed by atoms with van der Waals surface area (Å²) in [6.45, 7) is 4.80. The summed E-state index contributed by atoms with van der Waals surface area (Å²) in [6.07, 6.45) is 2.52. The molecule has 0 unspecified atom stereocenters. The Morgan fingerprint density at radius 2 is 2.15 bits per heavy atom. The molecule has 1 aliphatic rings. The van der Waals surface area contributed by atoms with Gasteiger partial charge in [0.25, 0.3) is 5.91 Å². The number of hydrogen-bond acceptors (Lipinski definition) is 4. The van der Waals surface area contributed by atoms with E-state index in [2.05, 4.69) is 46.6 Å². The van der Waals surface area contributed by atoms with Crippen molar-refractivity contribution in [3.05, 3.63) is 64.6 Å². The Hall–Kier alpha value is -2.70. The lowest BCUT2D eigenvalue weighted by atomic mass is 10.0. The summed E-state index contributed by atoms with van der Waals surface area (Å²) in [6, 6.07) is 10.1. The minimum atomic E-state index is -0.550. The molecule has 0 radical (unpaired) electrons. The molecule has 134 valence electrons. The maximum Gasteiger partial charge on any atom is 0.276 e. The van der Waals surface area contributed by atoms with Crippen molar-refractivity contribution in [3.8, 4) is 0 Å². The smallest absolute Gasteiger partial charge is 0.276 e. The molecule has 0 saturated heterocycles. The van der Waals surface area contributed by atoms with Crippen LogP contribution in [0.25, 0.3) is 10.9 Å². The van der Waals surface area contributed by atoms with Gasteiger partial charge in [-0.2, -0.15) is 0 Å². The molecule has 6 nitrogen and oxygen atoms in total. The normalized spacial score (nSPS) is 14.4. The minimum absolute atomic E-state index is 0.341. The van der Waals surface area contributed by atoms with Crippen LogP contribution in [0.3, 0.4) is 0 Å². The Morgan fingerprint density at radius 3 is 2.88 bits per heavy atom. The van der Waals surface area contributed by atoms with E-state index in [0.29, 0.717) is 12.1 Å². The molecule has 2 N–H and O–H groups in total. The van der Waals surface area contributed by atoms with E-state index >= 15 is 0 Å². The first-order valence-electron chi connectivity index (χ1n) is 8.75. The summed E-state index contributed by atoms with van der Waals surface area (Å²) in [5, 5.41) is 10.0. The molecule has 26 heavy (non-hydrogen) atoms. The number of aromatic nitrogens is 2. The van der Waals surface area contributed by atoms with Crippen molar-refractivity contribution in [2.75, 3.05) is 13.6 Å². The van der Waals surface area contributed by atoms with Crippen molar-refractivity contribution in [1.29, 1.82) is 0 Å². The number of nitrogens with zero attached hydrogens (tertiary/aromatic N) is 3. The van der Waals surface area contributed by atoms with E-state index in [1.54, 1.807) is 11.5 Å². The first-order chi connectivity index (χ1) is 12.6. The second-order valence-corrected chi connectivity index (χ2v) is 7.00. The zero-order valence-corrected chi connectivity index (χ0v) is 15.0. The highest BCUT2D eigenvalue weighted by molar-refractivity contribution is 5.93. The average Bonchev–Trinajstić information content (AvgIpc) is 2.94. The van der Waals surface area contributed by atoms with Gasteiger partial charge in [0.15, 0.2) is 0 Å². The molecule has 3 aromatic rings. The lowest BCUT2D eigenvalue weighted by Gasteiger charge is -2.24. The Kier molecular flexibility index (Phi) is 4.22. The molecule has 2 aromatic heterocycles. The van der Waals surface area contributed by atoms with Gasteiger partial charge >= 0.3 is 0 Å². The van der Waals surface area contributed by atoms with Crippen LogP contribution in [-0.4, -0.2) is 39.2 Å².